The molecular weight excluding hydrogens is 368 g/mol. The number of ketones is 1. The fraction of sp³-hybridized carbons (Fsp3) is 0.550. The van der Waals surface area contributed by atoms with Gasteiger partial charge in [0.25, 0.3) is 5.60 Å². The Balaban J connectivity index is 2.12. The van der Waals surface area contributed by atoms with Gasteiger partial charge in [-0.2, -0.15) is 0 Å². The highest BCUT2D eigenvalue weighted by Crippen LogP contribution is 2.21. The van der Waals surface area contributed by atoms with Gasteiger partial charge >= 0.3 is 11.9 Å². The number of aliphatic carboxylic acids is 1. The lowest BCUT2D eigenvalue weighted by Gasteiger charge is -2.23. The van der Waals surface area contributed by atoms with Crippen molar-refractivity contribution in [2.24, 2.45) is 0 Å². The molecule has 28 heavy (non-hydrogen) atoms. The van der Waals surface area contributed by atoms with Crippen LogP contribution in [0.2, 0.25) is 0 Å². The normalized spacial score (nSPS) is 18.9. The number of carboxylic acid groups (broad SMARTS) is 1. The van der Waals surface area contributed by atoms with Crippen LogP contribution in [0.4, 0.5) is 0 Å². The number of hydrogen-bond donors (Lipinski definition) is 2. The molecule has 8 heteroatoms. The van der Waals surface area contributed by atoms with Crippen molar-refractivity contribution in [3.63, 3.8) is 0 Å². The van der Waals surface area contributed by atoms with Crippen LogP contribution in [0.5, 0.6) is 0 Å². The third kappa shape index (κ3) is 5.60. The molecule has 1 aromatic rings. The molecule has 0 radical (unpaired) electrons. The molecule has 1 aliphatic rings. The molecule has 0 aromatic heterocycles. The molecule has 8 nitrogen and oxygen atoms in total. The van der Waals surface area contributed by atoms with Crippen LogP contribution >= 0.6 is 0 Å². The molecule has 0 aliphatic carbocycles. The molecule has 2 atom stereocenters. The van der Waals surface area contributed by atoms with Crippen molar-refractivity contribution in [1.82, 2.24) is 0 Å². The number of carbonyl (C=O) groups is 3. The summed E-state index contributed by atoms with van der Waals surface area (Å²) in [6, 6.07) is 4.97. The molecule has 2 unspecified atom stereocenters. The van der Waals surface area contributed by atoms with E-state index in [1.807, 2.05) is 6.07 Å². The van der Waals surface area contributed by atoms with E-state index in [1.54, 1.807) is 19.1 Å². The number of esters is 1. The van der Waals surface area contributed by atoms with Gasteiger partial charge in [-0.15, -0.1) is 0 Å². The number of benzene rings is 1. The van der Waals surface area contributed by atoms with Crippen LogP contribution in [-0.2, 0) is 30.4 Å². The molecule has 1 aliphatic heterocycles. The van der Waals surface area contributed by atoms with Gasteiger partial charge in [0.1, 0.15) is 0 Å². The van der Waals surface area contributed by atoms with Crippen LogP contribution in [0.25, 0.3) is 0 Å². The van der Waals surface area contributed by atoms with Gasteiger partial charge in [0.2, 0.25) is 0 Å². The topological polar surface area (TPSA) is 119 Å². The van der Waals surface area contributed by atoms with Gasteiger partial charge < -0.3 is 24.4 Å². The average Bonchev–Trinajstić information content (AvgIpc) is 2.66. The van der Waals surface area contributed by atoms with Crippen LogP contribution in [0.1, 0.15) is 54.1 Å². The van der Waals surface area contributed by atoms with Crippen LogP contribution in [0.15, 0.2) is 18.2 Å². The van der Waals surface area contributed by atoms with Gasteiger partial charge in [0.15, 0.2) is 12.1 Å². The van der Waals surface area contributed by atoms with E-state index in [-0.39, 0.29) is 25.1 Å². The molecule has 1 heterocycles. The Morgan fingerprint density at radius 2 is 2.00 bits per heavy atom. The highest BCUT2D eigenvalue weighted by molar-refractivity contribution is 6.09. The second kappa shape index (κ2) is 9.77. The van der Waals surface area contributed by atoms with E-state index in [0.717, 1.165) is 24.8 Å². The molecule has 2 N–H and O–H groups in total. The summed E-state index contributed by atoms with van der Waals surface area (Å²) in [5, 5.41) is 19.4. The Morgan fingerprint density at radius 3 is 2.61 bits per heavy atom. The first-order valence-corrected chi connectivity index (χ1v) is 9.26. The monoisotopic (exact) mass is 394 g/mol. The first-order valence-electron chi connectivity index (χ1n) is 9.26. The van der Waals surface area contributed by atoms with Crippen molar-refractivity contribution in [3.8, 4) is 0 Å². The van der Waals surface area contributed by atoms with Crippen LogP contribution in [0.3, 0.4) is 0 Å². The Labute approximate surface area is 163 Å². The number of Topliss-reactive ketones (excluding diaryl/α,β-unsaturated/α-hetero) is 1. The maximum absolute atomic E-state index is 12.6. The van der Waals surface area contributed by atoms with Gasteiger partial charge in [-0.25, -0.2) is 9.59 Å². The van der Waals surface area contributed by atoms with Crippen LogP contribution < -0.4 is 0 Å². The maximum atomic E-state index is 12.6. The van der Waals surface area contributed by atoms with Gasteiger partial charge in [0, 0.05) is 12.2 Å². The largest absolute Gasteiger partial charge is 0.479 e. The first-order chi connectivity index (χ1) is 13.3. The lowest BCUT2D eigenvalue weighted by atomic mass is 9.92. The summed E-state index contributed by atoms with van der Waals surface area (Å²) in [4.78, 5) is 35.8. The Morgan fingerprint density at radius 1 is 1.25 bits per heavy atom. The lowest BCUT2D eigenvalue weighted by molar-refractivity contribution is -0.179. The van der Waals surface area contributed by atoms with Crippen molar-refractivity contribution in [2.45, 2.75) is 58.0 Å². The van der Waals surface area contributed by atoms with E-state index < -0.39 is 29.7 Å². The van der Waals surface area contributed by atoms with Crippen molar-refractivity contribution in [1.29, 1.82) is 0 Å². The van der Waals surface area contributed by atoms with Gasteiger partial charge in [-0.3, -0.25) is 4.79 Å². The number of aryl methyl sites for hydroxylation is 1. The third-order valence-corrected chi connectivity index (χ3v) is 4.42. The van der Waals surface area contributed by atoms with Crippen molar-refractivity contribution in [3.05, 3.63) is 34.9 Å². The van der Waals surface area contributed by atoms with Crippen molar-refractivity contribution >= 4 is 17.7 Å². The molecular formula is C20H26O8. The van der Waals surface area contributed by atoms with Crippen molar-refractivity contribution < 1.29 is 38.8 Å². The summed E-state index contributed by atoms with van der Waals surface area (Å²) in [7, 11) is 0. The summed E-state index contributed by atoms with van der Waals surface area (Å²) in [6.45, 7) is 4.03. The van der Waals surface area contributed by atoms with E-state index >= 15 is 0 Å². The molecule has 1 aromatic carbocycles. The van der Waals surface area contributed by atoms with Crippen LogP contribution in [-0.4, -0.2) is 53.0 Å². The summed E-state index contributed by atoms with van der Waals surface area (Å²) < 4.78 is 15.8. The zero-order valence-corrected chi connectivity index (χ0v) is 16.1. The highest BCUT2D eigenvalue weighted by Gasteiger charge is 2.48. The van der Waals surface area contributed by atoms with Gasteiger partial charge in [-0.05, 0) is 50.8 Å². The second-order valence-corrected chi connectivity index (χ2v) is 6.80. The molecule has 0 amide bonds. The molecule has 1 saturated heterocycles. The predicted octanol–water partition coefficient (Wildman–Crippen LogP) is 1.99. The predicted molar refractivity (Wildman–Crippen MR) is 97.7 cm³/mol. The quantitative estimate of drug-likeness (QED) is 0.371. The molecule has 0 bridgehead atoms. The molecule has 0 spiro atoms. The van der Waals surface area contributed by atoms with Crippen molar-refractivity contribution in [2.75, 3.05) is 13.2 Å². The molecule has 1 fully saturated rings. The second-order valence-electron chi connectivity index (χ2n) is 6.80. The van der Waals surface area contributed by atoms with E-state index in [9.17, 15) is 24.6 Å². The fourth-order valence-electron chi connectivity index (χ4n) is 2.96. The average molecular weight is 394 g/mol. The third-order valence-electron chi connectivity index (χ3n) is 4.42. The number of hydrogen-bond acceptors (Lipinski definition) is 7. The zero-order valence-electron chi connectivity index (χ0n) is 16.1. The Hall–Kier alpha value is -2.29. The standard InChI is InChI=1S/C20H26O8/c1-3-26-19(24)20(25,18(22)23)11-16(21)15-9-13(2)8-14(10-15)12-28-17-6-4-5-7-27-17/h8-10,17,25H,3-7,11-12H2,1-2H3,(H,22,23). The SMILES string of the molecule is CCOC(=O)C(O)(CC(=O)c1cc(C)cc(COC2CCCCO2)c1)C(=O)O. The number of aliphatic hydroxyl groups is 1. The van der Waals surface area contributed by atoms with E-state index in [2.05, 4.69) is 4.74 Å². The Kier molecular flexibility index (Phi) is 7.68. The van der Waals surface area contributed by atoms with E-state index in [0.29, 0.717) is 12.2 Å². The summed E-state index contributed by atoms with van der Waals surface area (Å²) in [6.07, 6.45) is 1.65. The van der Waals surface area contributed by atoms with Gasteiger partial charge in [0.05, 0.1) is 19.6 Å². The van der Waals surface area contributed by atoms with E-state index in [4.69, 9.17) is 9.47 Å². The minimum Gasteiger partial charge on any atom is -0.479 e. The van der Waals surface area contributed by atoms with Gasteiger partial charge in [-0.1, -0.05) is 11.6 Å². The fourth-order valence-corrected chi connectivity index (χ4v) is 2.96. The highest BCUT2D eigenvalue weighted by atomic mass is 16.7. The molecule has 154 valence electrons. The number of ether oxygens (including phenoxy) is 3. The number of carboxylic acids is 1. The molecule has 0 saturated carbocycles. The smallest absolute Gasteiger partial charge is 0.350 e. The minimum atomic E-state index is -2.93. The minimum absolute atomic E-state index is 0.113. The summed E-state index contributed by atoms with van der Waals surface area (Å²) in [5.74, 6) is -3.87. The Bertz CT molecular complexity index is 723. The number of carbonyl (C=O) groups excluding carboxylic acids is 2. The van der Waals surface area contributed by atoms with E-state index in [1.165, 1.54) is 6.92 Å². The summed E-state index contributed by atoms with van der Waals surface area (Å²) in [5.41, 5.74) is -1.26. The zero-order chi connectivity index (χ0) is 20.7. The first kappa shape index (κ1) is 22.0. The lowest BCUT2D eigenvalue weighted by Crippen LogP contribution is -2.49. The summed E-state index contributed by atoms with van der Waals surface area (Å²) >= 11 is 0. The maximum Gasteiger partial charge on any atom is 0.350 e. The molecule has 2 rings (SSSR count). The van der Waals surface area contributed by atoms with Crippen LogP contribution in [0, 0.1) is 6.92 Å². The number of rotatable bonds is 9.